The van der Waals surface area contributed by atoms with E-state index in [-0.39, 0.29) is 5.69 Å². The number of benzene rings is 1. The molecular formula is C18H28F4N+. The zero-order chi connectivity index (χ0) is 17.4. The van der Waals surface area contributed by atoms with Crippen molar-refractivity contribution in [2.24, 2.45) is 5.92 Å². The third-order valence-corrected chi connectivity index (χ3v) is 4.19. The van der Waals surface area contributed by atoms with E-state index in [1.807, 2.05) is 6.92 Å². The predicted molar refractivity (Wildman–Crippen MR) is 84.8 cm³/mol. The molecule has 0 aliphatic rings. The summed E-state index contributed by atoms with van der Waals surface area (Å²) in [6.45, 7) is 7.38. The van der Waals surface area contributed by atoms with Gasteiger partial charge in [-0.25, -0.2) is 13.2 Å². The third-order valence-electron chi connectivity index (χ3n) is 4.19. The molecule has 0 bridgehead atoms. The Labute approximate surface area is 136 Å². The highest BCUT2D eigenvalue weighted by molar-refractivity contribution is 5.33. The van der Waals surface area contributed by atoms with Crippen molar-refractivity contribution in [3.8, 4) is 0 Å². The molecule has 0 saturated heterocycles. The van der Waals surface area contributed by atoms with Gasteiger partial charge < -0.3 is 0 Å². The Morgan fingerprint density at radius 1 is 0.913 bits per heavy atom. The number of nitrogens with one attached hydrogen (secondary N) is 1. The summed E-state index contributed by atoms with van der Waals surface area (Å²) in [5, 5.41) is 0. The summed E-state index contributed by atoms with van der Waals surface area (Å²) < 4.78 is 54.3. The van der Waals surface area contributed by atoms with Crippen LogP contribution in [0.15, 0.2) is 6.07 Å². The Kier molecular flexibility index (Phi) is 8.59. The van der Waals surface area contributed by atoms with Crippen molar-refractivity contribution in [2.75, 3.05) is 13.1 Å². The van der Waals surface area contributed by atoms with Crippen molar-refractivity contribution in [1.29, 1.82) is 0 Å². The van der Waals surface area contributed by atoms with E-state index in [1.165, 1.54) is 0 Å². The van der Waals surface area contributed by atoms with Crippen LogP contribution in [0.5, 0.6) is 0 Å². The molecule has 1 aromatic rings. The molecule has 1 aromatic carbocycles. The molecule has 2 unspecified atom stereocenters. The predicted octanol–water partition coefficient (Wildman–Crippen LogP) is 4.78. The van der Waals surface area contributed by atoms with Crippen LogP contribution in [-0.4, -0.2) is 13.1 Å². The van der Waals surface area contributed by atoms with Crippen LogP contribution < -0.4 is 4.90 Å². The van der Waals surface area contributed by atoms with Gasteiger partial charge in [0, 0.05) is 12.0 Å². The van der Waals surface area contributed by atoms with Crippen molar-refractivity contribution in [3.05, 3.63) is 29.3 Å². The fraction of sp³-hybridized carbons (Fsp3) is 0.667. The average molecular weight is 334 g/mol. The number of unbranched alkanes of at least 4 members (excludes halogenated alkanes) is 3. The van der Waals surface area contributed by atoms with Crippen LogP contribution in [0, 0.1) is 29.2 Å². The van der Waals surface area contributed by atoms with Gasteiger partial charge in [-0.2, -0.15) is 4.39 Å². The lowest BCUT2D eigenvalue weighted by Crippen LogP contribution is -3.08. The van der Waals surface area contributed by atoms with Gasteiger partial charge in [-0.05, 0) is 19.3 Å². The molecule has 23 heavy (non-hydrogen) atoms. The van der Waals surface area contributed by atoms with E-state index >= 15 is 0 Å². The number of hydrogen-bond acceptors (Lipinski definition) is 0. The smallest absolute Gasteiger partial charge is 0.222 e. The maximum atomic E-state index is 14.1. The molecular weight excluding hydrogens is 306 g/mol. The number of quaternary nitrogens is 1. The molecule has 5 heteroatoms. The fourth-order valence-corrected chi connectivity index (χ4v) is 2.96. The lowest BCUT2D eigenvalue weighted by atomic mass is 10.0. The first-order valence-electron chi connectivity index (χ1n) is 8.60. The molecule has 0 spiro atoms. The molecule has 132 valence electrons. The first kappa shape index (κ1) is 19.9. The van der Waals surface area contributed by atoms with Crippen molar-refractivity contribution in [3.63, 3.8) is 0 Å². The monoisotopic (exact) mass is 334 g/mol. The summed E-state index contributed by atoms with van der Waals surface area (Å²) >= 11 is 0. The van der Waals surface area contributed by atoms with Crippen molar-refractivity contribution >= 4 is 5.69 Å². The standard InChI is InChI=1S/C18H27F4N/c1-4-6-7-8-10-23(12-13(3)9-5-2)15-11-14(19)16(20)18(22)17(15)21/h11,13H,4-10,12H2,1-3H3/p+1. The van der Waals surface area contributed by atoms with Crippen LogP contribution in [0.2, 0.25) is 0 Å². The third kappa shape index (κ3) is 5.79. The van der Waals surface area contributed by atoms with Crippen molar-refractivity contribution in [1.82, 2.24) is 0 Å². The molecule has 0 heterocycles. The Morgan fingerprint density at radius 2 is 1.61 bits per heavy atom. The van der Waals surface area contributed by atoms with Gasteiger partial charge in [0.05, 0.1) is 13.1 Å². The summed E-state index contributed by atoms with van der Waals surface area (Å²) in [6.07, 6.45) is 5.96. The molecule has 0 radical (unpaired) electrons. The normalized spacial score (nSPS) is 14.0. The van der Waals surface area contributed by atoms with Crippen LogP contribution in [-0.2, 0) is 0 Å². The molecule has 1 nitrogen and oxygen atoms in total. The first-order valence-corrected chi connectivity index (χ1v) is 8.60. The van der Waals surface area contributed by atoms with E-state index in [1.54, 1.807) is 0 Å². The minimum atomic E-state index is -1.74. The Morgan fingerprint density at radius 3 is 2.22 bits per heavy atom. The van der Waals surface area contributed by atoms with E-state index in [9.17, 15) is 17.6 Å². The Balaban J connectivity index is 2.98. The van der Waals surface area contributed by atoms with Crippen LogP contribution in [0.4, 0.5) is 23.2 Å². The molecule has 0 aliphatic carbocycles. The zero-order valence-corrected chi connectivity index (χ0v) is 14.3. The van der Waals surface area contributed by atoms with Crippen LogP contribution >= 0.6 is 0 Å². The average Bonchev–Trinajstić information content (AvgIpc) is 2.52. The largest absolute Gasteiger partial charge is 0.300 e. The van der Waals surface area contributed by atoms with Crippen LogP contribution in [0.3, 0.4) is 0 Å². The SMILES string of the molecule is CCCCCC[NH+](CC(C)CCC)c1cc(F)c(F)c(F)c1F. The second-order valence-electron chi connectivity index (χ2n) is 6.36. The molecule has 2 atom stereocenters. The van der Waals surface area contributed by atoms with Gasteiger partial charge in [-0.3, -0.25) is 4.90 Å². The van der Waals surface area contributed by atoms with Gasteiger partial charge in [-0.1, -0.05) is 40.0 Å². The van der Waals surface area contributed by atoms with Crippen molar-refractivity contribution in [2.45, 2.75) is 59.3 Å². The van der Waals surface area contributed by atoms with E-state index in [4.69, 9.17) is 0 Å². The molecule has 0 aliphatic heterocycles. The highest BCUT2D eigenvalue weighted by Gasteiger charge is 2.27. The minimum absolute atomic E-state index is 0.0964. The minimum Gasteiger partial charge on any atom is -0.300 e. The molecule has 0 amide bonds. The summed E-state index contributed by atoms with van der Waals surface area (Å²) in [6, 6.07) is 0.807. The van der Waals surface area contributed by atoms with Crippen LogP contribution in [0.25, 0.3) is 0 Å². The van der Waals surface area contributed by atoms with Crippen molar-refractivity contribution < 1.29 is 22.5 Å². The van der Waals surface area contributed by atoms with E-state index < -0.39 is 23.3 Å². The maximum Gasteiger partial charge on any atom is 0.222 e. The highest BCUT2D eigenvalue weighted by atomic mass is 19.2. The molecule has 0 aromatic heterocycles. The fourth-order valence-electron chi connectivity index (χ4n) is 2.96. The molecule has 0 saturated carbocycles. The van der Waals surface area contributed by atoms with Gasteiger partial charge in [0.1, 0.15) is 0 Å². The first-order chi connectivity index (χ1) is 10.9. The highest BCUT2D eigenvalue weighted by Crippen LogP contribution is 2.20. The number of hydrogen-bond donors (Lipinski definition) is 1. The maximum absolute atomic E-state index is 14.1. The second-order valence-corrected chi connectivity index (χ2v) is 6.36. The van der Waals surface area contributed by atoms with Gasteiger partial charge in [0.2, 0.25) is 11.6 Å². The molecule has 1 rings (SSSR count). The van der Waals surface area contributed by atoms with Gasteiger partial charge in [-0.15, -0.1) is 0 Å². The zero-order valence-electron chi connectivity index (χ0n) is 14.3. The van der Waals surface area contributed by atoms with Gasteiger partial charge in [0.25, 0.3) is 0 Å². The Bertz CT molecular complexity index is 490. The lowest BCUT2D eigenvalue weighted by Gasteiger charge is -2.23. The number of halogens is 4. The van der Waals surface area contributed by atoms with Gasteiger partial charge in [0.15, 0.2) is 17.3 Å². The Hall–Kier alpha value is -1.10. The summed E-state index contributed by atoms with van der Waals surface area (Å²) in [5.41, 5.74) is -0.0964. The molecule has 1 N–H and O–H groups in total. The quantitative estimate of drug-likeness (QED) is 0.272. The van der Waals surface area contributed by atoms with E-state index in [0.29, 0.717) is 23.9 Å². The van der Waals surface area contributed by atoms with Crippen LogP contribution in [0.1, 0.15) is 59.3 Å². The molecule has 0 fully saturated rings. The van der Waals surface area contributed by atoms with E-state index in [0.717, 1.165) is 44.6 Å². The topological polar surface area (TPSA) is 4.44 Å². The summed E-state index contributed by atoms with van der Waals surface area (Å²) in [7, 11) is 0. The number of rotatable bonds is 10. The summed E-state index contributed by atoms with van der Waals surface area (Å²) in [4.78, 5) is 0.692. The van der Waals surface area contributed by atoms with Gasteiger partial charge >= 0.3 is 0 Å². The second kappa shape index (κ2) is 9.91. The van der Waals surface area contributed by atoms with E-state index in [2.05, 4.69) is 13.8 Å². The lowest BCUT2D eigenvalue weighted by molar-refractivity contribution is -0.838. The summed E-state index contributed by atoms with van der Waals surface area (Å²) in [5.74, 6) is -5.74.